The molecule has 18 heteroatoms. The van der Waals surface area contributed by atoms with Gasteiger partial charge < -0.3 is 28.4 Å². The van der Waals surface area contributed by atoms with Crippen LogP contribution in [0.15, 0.2) is 0 Å². The van der Waals surface area contributed by atoms with Crippen molar-refractivity contribution in [1.29, 1.82) is 0 Å². The predicted molar refractivity (Wildman–Crippen MR) is 212 cm³/mol. The smallest absolute Gasteiger partial charge is 0.377 e. The van der Waals surface area contributed by atoms with Gasteiger partial charge in [0.05, 0.1) is 0 Å². The van der Waals surface area contributed by atoms with Crippen LogP contribution >= 0.6 is 0 Å². The Hall–Kier alpha value is -3.60. The first-order valence-corrected chi connectivity index (χ1v) is 22.6. The molecule has 6 aliphatic rings. The molecule has 9 unspecified atom stereocenters. The molecule has 0 aromatic carbocycles. The first kappa shape index (κ1) is 52.0. The minimum Gasteiger partial charge on any atom is -0.456 e. The number of carbonyl (C=O) groups is 6. The third kappa shape index (κ3) is 13.7. The van der Waals surface area contributed by atoms with Gasteiger partial charge in [-0.15, -0.1) is 0 Å². The van der Waals surface area contributed by atoms with E-state index >= 15 is 0 Å². The van der Waals surface area contributed by atoms with Gasteiger partial charge in [-0.2, -0.15) is 26.3 Å². The summed E-state index contributed by atoms with van der Waals surface area (Å²) < 4.78 is 106. The van der Waals surface area contributed by atoms with E-state index in [4.69, 9.17) is 14.2 Å². The second-order valence-electron chi connectivity index (χ2n) is 19.0. The number of hydrogen-bond acceptors (Lipinski definition) is 12. The Morgan fingerprint density at radius 2 is 0.794 bits per heavy atom. The third-order valence-corrected chi connectivity index (χ3v) is 14.0. The van der Waals surface area contributed by atoms with Crippen molar-refractivity contribution in [2.45, 2.75) is 192 Å². The zero-order valence-electron chi connectivity index (χ0n) is 37.5. The summed E-state index contributed by atoms with van der Waals surface area (Å²) in [7, 11) is 0. The molecule has 0 amide bonds. The minimum absolute atomic E-state index is 0.352. The van der Waals surface area contributed by atoms with E-state index in [0.717, 1.165) is 89.9 Å². The Bertz CT molecular complexity index is 1630. The second kappa shape index (κ2) is 21.1. The SMILES string of the molecule is CCC1(OC(=O)COC(=O)C(C)(F)F)CC2CCC1C2.CCCC1(OC(=O)COC(=O)C(C)(F)F)CC2CCC1C2.CCCCC1(OC(=O)COC(=O)C(C)(F)F)CC2CCC1C2. The quantitative estimate of drug-likeness (QED) is 0.0731. The van der Waals surface area contributed by atoms with Crippen molar-refractivity contribution in [3.05, 3.63) is 0 Å². The summed E-state index contributed by atoms with van der Waals surface area (Å²) >= 11 is 0. The molecule has 0 saturated heterocycles. The molecule has 0 radical (unpaired) electrons. The third-order valence-electron chi connectivity index (χ3n) is 14.0. The number of rotatable bonds is 18. The van der Waals surface area contributed by atoms with Crippen molar-refractivity contribution in [3.8, 4) is 0 Å². The number of halogens is 6. The van der Waals surface area contributed by atoms with Crippen LogP contribution in [-0.4, -0.2) is 90.2 Å². The molecule has 6 fully saturated rings. The van der Waals surface area contributed by atoms with Crippen LogP contribution in [0.1, 0.15) is 157 Å². The molecule has 0 N–H and O–H groups in total. The monoisotopic (exact) mass is 912 g/mol. The van der Waals surface area contributed by atoms with Gasteiger partial charge in [-0.1, -0.05) is 33.6 Å². The number of alkyl halides is 6. The van der Waals surface area contributed by atoms with Crippen molar-refractivity contribution in [2.24, 2.45) is 35.5 Å². The van der Waals surface area contributed by atoms with Gasteiger partial charge in [0.15, 0.2) is 19.8 Å². The molecular weight excluding hydrogens is 846 g/mol. The highest BCUT2D eigenvalue weighted by Crippen LogP contribution is 2.56. The van der Waals surface area contributed by atoms with E-state index in [2.05, 4.69) is 21.1 Å². The summed E-state index contributed by atoms with van der Waals surface area (Å²) in [6, 6.07) is 0. The summed E-state index contributed by atoms with van der Waals surface area (Å²) in [6.45, 7) is 5.14. The molecule has 6 saturated carbocycles. The normalized spacial score (nSPS) is 31.2. The van der Waals surface area contributed by atoms with Gasteiger partial charge in [-0.3, -0.25) is 0 Å². The second-order valence-corrected chi connectivity index (χ2v) is 19.0. The summed E-state index contributed by atoms with van der Waals surface area (Å²) in [5, 5.41) is 0. The maximum absolute atomic E-state index is 12.7. The van der Waals surface area contributed by atoms with Gasteiger partial charge in [-0.05, 0) is 138 Å². The van der Waals surface area contributed by atoms with Crippen molar-refractivity contribution in [3.63, 3.8) is 0 Å². The fourth-order valence-electron chi connectivity index (χ4n) is 11.2. The van der Waals surface area contributed by atoms with Crippen LogP contribution in [0.5, 0.6) is 0 Å². The van der Waals surface area contributed by atoms with Crippen molar-refractivity contribution < 1.29 is 83.5 Å². The van der Waals surface area contributed by atoms with E-state index in [1.807, 2.05) is 13.8 Å². The Labute approximate surface area is 365 Å². The van der Waals surface area contributed by atoms with Crippen LogP contribution in [0.2, 0.25) is 0 Å². The van der Waals surface area contributed by atoms with Crippen molar-refractivity contribution in [2.75, 3.05) is 19.8 Å². The highest BCUT2D eigenvalue weighted by Gasteiger charge is 2.55. The number of carbonyl (C=O) groups excluding carboxylic acids is 6. The van der Waals surface area contributed by atoms with E-state index < -0.39 is 90.2 Å². The summed E-state index contributed by atoms with van der Waals surface area (Å²) in [6.07, 6.45) is 17.5. The lowest BCUT2D eigenvalue weighted by Gasteiger charge is -2.37. The van der Waals surface area contributed by atoms with Gasteiger partial charge in [0, 0.05) is 20.8 Å². The largest absolute Gasteiger partial charge is 0.456 e. The van der Waals surface area contributed by atoms with Gasteiger partial charge >= 0.3 is 53.6 Å². The Kier molecular flexibility index (Phi) is 17.5. The number of unbranched alkanes of at least 4 members (excludes halogenated alkanes) is 1. The molecular formula is C45H66F6O12. The summed E-state index contributed by atoms with van der Waals surface area (Å²) in [5.41, 5.74) is -1.44. The molecule has 63 heavy (non-hydrogen) atoms. The predicted octanol–water partition coefficient (Wildman–Crippen LogP) is 9.26. The molecule has 0 aromatic rings. The fourth-order valence-corrected chi connectivity index (χ4v) is 11.2. The zero-order chi connectivity index (χ0) is 47.0. The van der Waals surface area contributed by atoms with E-state index in [1.165, 1.54) is 19.3 Å². The molecule has 0 spiro atoms. The first-order chi connectivity index (χ1) is 29.3. The molecule has 9 atom stereocenters. The van der Waals surface area contributed by atoms with Crippen LogP contribution in [0.3, 0.4) is 0 Å². The number of esters is 6. The van der Waals surface area contributed by atoms with Gasteiger partial charge in [-0.25, -0.2) is 28.8 Å². The van der Waals surface area contributed by atoms with Crippen molar-refractivity contribution >= 4 is 35.8 Å². The maximum atomic E-state index is 12.7. The van der Waals surface area contributed by atoms with Crippen LogP contribution in [0.25, 0.3) is 0 Å². The molecule has 360 valence electrons. The molecule has 6 rings (SSSR count). The highest BCUT2D eigenvalue weighted by molar-refractivity contribution is 5.82. The lowest BCUT2D eigenvalue weighted by atomic mass is 9.80. The Morgan fingerprint density at radius 3 is 1.05 bits per heavy atom. The molecule has 6 aliphatic carbocycles. The lowest BCUT2D eigenvalue weighted by Crippen LogP contribution is -2.42. The van der Waals surface area contributed by atoms with Crippen LogP contribution in [-0.2, 0) is 57.2 Å². The molecule has 12 nitrogen and oxygen atoms in total. The minimum atomic E-state index is -3.59. The van der Waals surface area contributed by atoms with Crippen molar-refractivity contribution in [1.82, 2.24) is 0 Å². The van der Waals surface area contributed by atoms with Gasteiger partial charge in [0.2, 0.25) is 0 Å². The molecule has 0 heterocycles. The van der Waals surface area contributed by atoms with Gasteiger partial charge in [0.25, 0.3) is 0 Å². The molecule has 0 aromatic heterocycles. The average molecular weight is 913 g/mol. The van der Waals surface area contributed by atoms with E-state index in [-0.39, 0.29) is 0 Å². The summed E-state index contributed by atoms with van der Waals surface area (Å²) in [4.78, 5) is 68.4. The zero-order valence-corrected chi connectivity index (χ0v) is 37.5. The Balaban J connectivity index is 0.000000208. The number of hydrogen-bond donors (Lipinski definition) is 0. The number of ether oxygens (including phenoxy) is 6. The van der Waals surface area contributed by atoms with Gasteiger partial charge in [0.1, 0.15) is 16.8 Å². The molecule has 6 bridgehead atoms. The Morgan fingerprint density at radius 1 is 0.476 bits per heavy atom. The van der Waals surface area contributed by atoms with Crippen LogP contribution in [0, 0.1) is 35.5 Å². The van der Waals surface area contributed by atoms with Crippen LogP contribution < -0.4 is 0 Å². The number of fused-ring (bicyclic) bond motifs is 6. The maximum Gasteiger partial charge on any atom is 0.377 e. The molecule has 0 aliphatic heterocycles. The fraction of sp³-hybridized carbons (Fsp3) is 0.867. The van der Waals surface area contributed by atoms with E-state index in [9.17, 15) is 55.1 Å². The van der Waals surface area contributed by atoms with E-state index in [0.29, 0.717) is 62.7 Å². The lowest BCUT2D eigenvalue weighted by molar-refractivity contribution is -0.184. The average Bonchev–Trinajstić information content (AvgIpc) is 4.07. The first-order valence-electron chi connectivity index (χ1n) is 22.6. The standard InChI is InChI=1S/C16H24F2O4.C15H22F2O4.C14H20F2O4/c1-3-4-7-16(9-11-5-6-12(16)8-11)22-13(19)10-21-14(20)15(2,17)18;1-3-6-15(8-10-4-5-11(15)7-10)21-12(18)9-20-13(19)14(2,16)17;1-3-14(7-9-4-5-10(14)6-9)20-11(17)8-19-12(18)13(2,15)16/h11-12H,3-10H2,1-2H3;10-11H,3-9H2,1-2H3;9-10H,3-8H2,1-2H3. The highest BCUT2D eigenvalue weighted by atomic mass is 19.3. The summed E-state index contributed by atoms with van der Waals surface area (Å²) in [5.74, 6) is -15.2. The van der Waals surface area contributed by atoms with E-state index in [1.54, 1.807) is 0 Å². The van der Waals surface area contributed by atoms with Crippen LogP contribution in [0.4, 0.5) is 26.3 Å². The topological polar surface area (TPSA) is 158 Å².